The zero-order chi connectivity index (χ0) is 22.4. The molecular weight excluding hydrogens is 408 g/mol. The molecule has 0 aliphatic heterocycles. The molecule has 0 radical (unpaired) electrons. The maximum absolute atomic E-state index is 12.7. The van der Waals surface area contributed by atoms with Gasteiger partial charge in [0.25, 0.3) is 5.91 Å². The van der Waals surface area contributed by atoms with Crippen LogP contribution in [0.2, 0.25) is 0 Å². The third-order valence-electron chi connectivity index (χ3n) is 4.27. The molecule has 164 valence electrons. The first-order valence-electron chi connectivity index (χ1n) is 9.20. The van der Waals surface area contributed by atoms with Crippen molar-refractivity contribution in [3.8, 4) is 23.1 Å². The van der Waals surface area contributed by atoms with E-state index in [2.05, 4.69) is 35.8 Å². The van der Waals surface area contributed by atoms with E-state index in [-0.39, 0.29) is 17.3 Å². The molecule has 0 bridgehead atoms. The summed E-state index contributed by atoms with van der Waals surface area (Å²) in [5.74, 6) is 1.10. The number of benzene rings is 1. The molecule has 2 aromatic heterocycles. The Hall–Kier alpha value is -4.16. The lowest BCUT2D eigenvalue weighted by atomic mass is 10.2. The van der Waals surface area contributed by atoms with E-state index in [4.69, 9.17) is 19.9 Å². The van der Waals surface area contributed by atoms with Gasteiger partial charge in [0.1, 0.15) is 17.2 Å². The second kappa shape index (κ2) is 9.56. The number of nitrogen functional groups attached to an aromatic ring is 1. The van der Waals surface area contributed by atoms with Gasteiger partial charge in [0, 0.05) is 12.1 Å². The SMILES string of the molecule is CCCc1c(C(=O)N/N=C\c2c(OC)cc(OC)cc2OC)nnn1-c1nonc1N. The van der Waals surface area contributed by atoms with Crippen LogP contribution in [0.1, 0.15) is 35.1 Å². The van der Waals surface area contributed by atoms with Crippen LogP contribution in [0.15, 0.2) is 21.9 Å². The minimum absolute atomic E-state index is 0.0333. The van der Waals surface area contributed by atoms with Crippen LogP contribution in [0, 0.1) is 0 Å². The number of amides is 1. The lowest BCUT2D eigenvalue weighted by Gasteiger charge is -2.12. The molecule has 2 heterocycles. The van der Waals surface area contributed by atoms with Crippen LogP contribution in [0.25, 0.3) is 5.82 Å². The van der Waals surface area contributed by atoms with Gasteiger partial charge in [-0.25, -0.2) is 10.1 Å². The standard InChI is InChI=1S/C18H22N8O5/c1-5-6-12-15(21-25-26(12)17-16(19)23-31-24-17)18(27)22-20-9-11-13(29-3)7-10(28-2)8-14(11)30-4/h7-9H,5-6H2,1-4H3,(H2,19,23)(H,22,27)/b20-9-. The summed E-state index contributed by atoms with van der Waals surface area (Å²) in [7, 11) is 4.54. The summed E-state index contributed by atoms with van der Waals surface area (Å²) < 4.78 is 21.9. The second-order valence-electron chi connectivity index (χ2n) is 6.16. The number of methoxy groups -OCH3 is 3. The van der Waals surface area contributed by atoms with Crippen LogP contribution in [0.3, 0.4) is 0 Å². The van der Waals surface area contributed by atoms with E-state index in [0.29, 0.717) is 34.9 Å². The lowest BCUT2D eigenvalue weighted by Crippen LogP contribution is -2.20. The molecule has 3 aromatic rings. The average Bonchev–Trinajstić information content (AvgIpc) is 3.39. The summed E-state index contributed by atoms with van der Waals surface area (Å²) in [6.45, 7) is 1.95. The quantitative estimate of drug-likeness (QED) is 0.369. The molecule has 0 aliphatic rings. The topological polar surface area (TPSA) is 165 Å². The summed E-state index contributed by atoms with van der Waals surface area (Å²) in [6, 6.07) is 3.35. The molecule has 13 heteroatoms. The van der Waals surface area contributed by atoms with Gasteiger partial charge in [-0.05, 0) is 16.7 Å². The Labute approximate surface area is 177 Å². The lowest BCUT2D eigenvalue weighted by molar-refractivity contribution is 0.0949. The van der Waals surface area contributed by atoms with Crippen LogP contribution in [0.5, 0.6) is 17.2 Å². The molecule has 13 nitrogen and oxygen atoms in total. The number of carbonyl (C=O) groups excluding carboxylic acids is 1. The van der Waals surface area contributed by atoms with Crippen LogP contribution < -0.4 is 25.4 Å². The highest BCUT2D eigenvalue weighted by atomic mass is 16.6. The highest BCUT2D eigenvalue weighted by molar-refractivity contribution is 5.95. The van der Waals surface area contributed by atoms with Gasteiger partial charge < -0.3 is 19.9 Å². The predicted octanol–water partition coefficient (Wildman–Crippen LogP) is 0.975. The first-order valence-corrected chi connectivity index (χ1v) is 9.20. The summed E-state index contributed by atoms with van der Waals surface area (Å²) in [5, 5.41) is 19.1. The van der Waals surface area contributed by atoms with E-state index in [1.165, 1.54) is 32.2 Å². The van der Waals surface area contributed by atoms with Gasteiger partial charge in [0.15, 0.2) is 5.69 Å². The molecular formula is C18H22N8O5. The number of ether oxygens (including phenoxy) is 3. The summed E-state index contributed by atoms with van der Waals surface area (Å²) in [4.78, 5) is 12.7. The summed E-state index contributed by atoms with van der Waals surface area (Å²) in [5.41, 5.74) is 9.26. The first-order chi connectivity index (χ1) is 15.0. The molecule has 0 saturated carbocycles. The molecule has 0 spiro atoms. The van der Waals surface area contributed by atoms with Crippen LogP contribution in [-0.4, -0.2) is 58.8 Å². The number of nitrogens with zero attached hydrogens (tertiary/aromatic N) is 6. The molecule has 1 amide bonds. The molecule has 1 aromatic carbocycles. The predicted molar refractivity (Wildman–Crippen MR) is 109 cm³/mol. The fourth-order valence-corrected chi connectivity index (χ4v) is 2.82. The number of hydrogen-bond acceptors (Lipinski definition) is 11. The van der Waals surface area contributed by atoms with Crippen molar-refractivity contribution >= 4 is 17.9 Å². The third kappa shape index (κ3) is 4.39. The van der Waals surface area contributed by atoms with E-state index in [0.717, 1.165) is 6.42 Å². The zero-order valence-corrected chi connectivity index (χ0v) is 17.4. The smallest absolute Gasteiger partial charge is 0.293 e. The maximum atomic E-state index is 12.7. The highest BCUT2D eigenvalue weighted by Crippen LogP contribution is 2.32. The van der Waals surface area contributed by atoms with Crippen molar-refractivity contribution in [1.82, 2.24) is 30.7 Å². The van der Waals surface area contributed by atoms with Gasteiger partial charge in [-0.2, -0.15) is 9.78 Å². The number of rotatable bonds is 9. The van der Waals surface area contributed by atoms with Crippen LogP contribution in [0.4, 0.5) is 5.82 Å². The largest absolute Gasteiger partial charge is 0.496 e. The Bertz CT molecular complexity index is 1070. The normalized spacial score (nSPS) is 11.0. The van der Waals surface area contributed by atoms with Crippen molar-refractivity contribution in [1.29, 1.82) is 0 Å². The molecule has 0 fully saturated rings. The molecule has 0 unspecified atom stereocenters. The zero-order valence-electron chi connectivity index (χ0n) is 17.4. The monoisotopic (exact) mass is 430 g/mol. The van der Waals surface area contributed by atoms with Crippen LogP contribution >= 0.6 is 0 Å². The van der Waals surface area contributed by atoms with Crippen molar-refractivity contribution in [2.45, 2.75) is 19.8 Å². The molecule has 3 N–H and O–H groups in total. The Kier molecular flexibility index (Phi) is 6.64. The number of hydrazone groups is 1. The molecule has 0 saturated heterocycles. The molecule has 0 aliphatic carbocycles. The molecule has 3 rings (SSSR count). The van der Waals surface area contributed by atoms with Crippen molar-refractivity contribution in [3.63, 3.8) is 0 Å². The summed E-state index contributed by atoms with van der Waals surface area (Å²) >= 11 is 0. The van der Waals surface area contributed by atoms with Gasteiger partial charge in [-0.1, -0.05) is 18.6 Å². The van der Waals surface area contributed by atoms with Crippen LogP contribution in [-0.2, 0) is 6.42 Å². The maximum Gasteiger partial charge on any atom is 0.293 e. The Morgan fingerprint density at radius 1 is 1.23 bits per heavy atom. The first kappa shape index (κ1) is 21.5. The van der Waals surface area contributed by atoms with E-state index in [1.807, 2.05) is 6.92 Å². The highest BCUT2D eigenvalue weighted by Gasteiger charge is 2.23. The van der Waals surface area contributed by atoms with Crippen molar-refractivity contribution in [3.05, 3.63) is 29.1 Å². The Morgan fingerprint density at radius 3 is 2.48 bits per heavy atom. The number of anilines is 1. The minimum atomic E-state index is -0.563. The van der Waals surface area contributed by atoms with E-state index in [1.54, 1.807) is 12.1 Å². The third-order valence-corrected chi connectivity index (χ3v) is 4.27. The average molecular weight is 430 g/mol. The van der Waals surface area contributed by atoms with Crippen molar-refractivity contribution < 1.29 is 23.6 Å². The van der Waals surface area contributed by atoms with Gasteiger partial charge in [0.05, 0.1) is 38.8 Å². The number of nitrogens with two attached hydrogens (primary N) is 1. The number of nitrogens with one attached hydrogen (secondary N) is 1. The second-order valence-corrected chi connectivity index (χ2v) is 6.16. The number of hydrogen-bond donors (Lipinski definition) is 2. The number of aromatic nitrogens is 5. The van der Waals surface area contributed by atoms with Gasteiger partial charge in [-0.15, -0.1) is 5.10 Å². The minimum Gasteiger partial charge on any atom is -0.496 e. The fourth-order valence-electron chi connectivity index (χ4n) is 2.82. The fraction of sp³-hybridized carbons (Fsp3) is 0.333. The van der Waals surface area contributed by atoms with Gasteiger partial charge in [-0.3, -0.25) is 4.79 Å². The van der Waals surface area contributed by atoms with Gasteiger partial charge >= 0.3 is 0 Å². The van der Waals surface area contributed by atoms with Gasteiger partial charge in [0.2, 0.25) is 11.6 Å². The Balaban J connectivity index is 1.86. The number of carbonyl (C=O) groups is 1. The molecule has 31 heavy (non-hydrogen) atoms. The van der Waals surface area contributed by atoms with E-state index < -0.39 is 5.91 Å². The molecule has 0 atom stereocenters. The summed E-state index contributed by atoms with van der Waals surface area (Å²) in [6.07, 6.45) is 2.62. The van der Waals surface area contributed by atoms with Crippen molar-refractivity contribution in [2.75, 3.05) is 27.1 Å². The van der Waals surface area contributed by atoms with E-state index in [9.17, 15) is 4.79 Å². The Morgan fingerprint density at radius 2 is 1.94 bits per heavy atom. The van der Waals surface area contributed by atoms with E-state index >= 15 is 0 Å². The van der Waals surface area contributed by atoms with Crippen molar-refractivity contribution in [2.24, 2.45) is 5.10 Å².